The summed E-state index contributed by atoms with van der Waals surface area (Å²) in [6.07, 6.45) is 6.04. The van der Waals surface area contributed by atoms with Crippen LogP contribution in [0.5, 0.6) is 5.75 Å². The molecule has 3 rings (SSSR count). The highest BCUT2D eigenvalue weighted by atomic mass is 16.5. The second-order valence-corrected chi connectivity index (χ2v) is 6.16. The maximum absolute atomic E-state index is 12.5. The third kappa shape index (κ3) is 2.77. The normalized spacial score (nSPS) is 27.1. The summed E-state index contributed by atoms with van der Waals surface area (Å²) < 4.78 is 5.22. The van der Waals surface area contributed by atoms with Crippen molar-refractivity contribution in [3.05, 3.63) is 29.8 Å². The van der Waals surface area contributed by atoms with Gasteiger partial charge in [0.2, 0.25) is 5.91 Å². The number of ether oxygens (including phenoxy) is 1. The highest BCUT2D eigenvalue weighted by Crippen LogP contribution is 2.37. The van der Waals surface area contributed by atoms with Gasteiger partial charge in [-0.2, -0.15) is 0 Å². The second-order valence-electron chi connectivity index (χ2n) is 6.16. The first kappa shape index (κ1) is 14.4. The molecule has 0 radical (unpaired) electrons. The molecule has 114 valence electrons. The fraction of sp³-hybridized carbons (Fsp3) is 0.588. The molecule has 21 heavy (non-hydrogen) atoms. The number of hydrogen-bond acceptors (Lipinski definition) is 3. The number of amides is 1. The minimum atomic E-state index is 0.0141. The molecule has 1 aromatic carbocycles. The number of piperidine rings is 1. The third-order valence-electron chi connectivity index (χ3n) is 4.86. The lowest BCUT2D eigenvalue weighted by Gasteiger charge is -2.43. The number of methoxy groups -OCH3 is 1. The van der Waals surface area contributed by atoms with Crippen molar-refractivity contribution < 1.29 is 9.53 Å². The Hall–Kier alpha value is -1.55. The highest BCUT2D eigenvalue weighted by Gasteiger charge is 2.39. The van der Waals surface area contributed by atoms with Crippen LogP contribution in [0.15, 0.2) is 24.3 Å². The molecule has 2 N–H and O–H groups in total. The van der Waals surface area contributed by atoms with E-state index < -0.39 is 0 Å². The standard InChI is InChI=1S/C17H24N2O2/c1-21-14-8-6-12(7-9-14)17-15(18)10-11-16(20)19(17)13-4-2-3-5-13/h6-9,13,15,17H,2-5,10-11,18H2,1H3. The van der Waals surface area contributed by atoms with Gasteiger partial charge in [0.15, 0.2) is 0 Å². The maximum Gasteiger partial charge on any atom is 0.223 e. The van der Waals surface area contributed by atoms with Crippen LogP contribution < -0.4 is 10.5 Å². The van der Waals surface area contributed by atoms with Crippen LogP contribution >= 0.6 is 0 Å². The SMILES string of the molecule is COc1ccc(C2C(N)CCC(=O)N2C2CCCC2)cc1. The summed E-state index contributed by atoms with van der Waals surface area (Å²) in [5, 5.41) is 0. The molecular formula is C17H24N2O2. The average molecular weight is 288 g/mol. The number of carbonyl (C=O) groups is 1. The van der Waals surface area contributed by atoms with Crippen LogP contribution in [-0.4, -0.2) is 30.0 Å². The van der Waals surface area contributed by atoms with E-state index >= 15 is 0 Å². The number of nitrogens with two attached hydrogens (primary N) is 1. The molecule has 4 heteroatoms. The molecule has 1 aliphatic carbocycles. The molecule has 1 amide bonds. The molecule has 1 saturated heterocycles. The zero-order valence-electron chi connectivity index (χ0n) is 12.6. The van der Waals surface area contributed by atoms with E-state index in [2.05, 4.69) is 4.90 Å². The van der Waals surface area contributed by atoms with Crippen molar-refractivity contribution in [1.29, 1.82) is 0 Å². The molecule has 0 aromatic heterocycles. The Morgan fingerprint density at radius 3 is 2.43 bits per heavy atom. The van der Waals surface area contributed by atoms with E-state index in [1.54, 1.807) is 7.11 Å². The Balaban J connectivity index is 1.91. The van der Waals surface area contributed by atoms with Gasteiger partial charge in [0.1, 0.15) is 5.75 Å². The molecule has 1 heterocycles. The smallest absolute Gasteiger partial charge is 0.223 e. The predicted octanol–water partition coefficient (Wildman–Crippen LogP) is 2.63. The summed E-state index contributed by atoms with van der Waals surface area (Å²) in [6.45, 7) is 0. The van der Waals surface area contributed by atoms with Gasteiger partial charge in [-0.15, -0.1) is 0 Å². The summed E-state index contributed by atoms with van der Waals surface area (Å²) in [5.41, 5.74) is 7.50. The molecule has 1 aromatic rings. The molecule has 1 aliphatic heterocycles. The van der Waals surface area contributed by atoms with Gasteiger partial charge in [-0.05, 0) is 37.0 Å². The third-order valence-corrected chi connectivity index (χ3v) is 4.86. The topological polar surface area (TPSA) is 55.6 Å². The summed E-state index contributed by atoms with van der Waals surface area (Å²) in [5.74, 6) is 1.10. The Bertz CT molecular complexity index is 494. The van der Waals surface area contributed by atoms with Crippen LogP contribution in [0.2, 0.25) is 0 Å². The van der Waals surface area contributed by atoms with Crippen molar-refractivity contribution in [3.8, 4) is 5.75 Å². The Morgan fingerprint density at radius 2 is 1.81 bits per heavy atom. The van der Waals surface area contributed by atoms with E-state index in [1.807, 2.05) is 24.3 Å². The lowest BCUT2D eigenvalue weighted by atomic mass is 9.89. The number of benzene rings is 1. The average Bonchev–Trinajstić information content (AvgIpc) is 3.03. The van der Waals surface area contributed by atoms with E-state index in [0.717, 1.165) is 30.6 Å². The van der Waals surface area contributed by atoms with Crippen molar-refractivity contribution in [3.63, 3.8) is 0 Å². The van der Waals surface area contributed by atoms with Gasteiger partial charge in [-0.3, -0.25) is 4.79 Å². The van der Waals surface area contributed by atoms with Crippen molar-refractivity contribution in [2.24, 2.45) is 5.73 Å². The first-order valence-corrected chi connectivity index (χ1v) is 7.91. The van der Waals surface area contributed by atoms with Crippen LogP contribution in [0.25, 0.3) is 0 Å². The zero-order valence-corrected chi connectivity index (χ0v) is 12.6. The number of carbonyl (C=O) groups excluding carboxylic acids is 1. The fourth-order valence-corrected chi connectivity index (χ4v) is 3.76. The summed E-state index contributed by atoms with van der Waals surface area (Å²) in [7, 11) is 1.66. The molecule has 0 bridgehead atoms. The van der Waals surface area contributed by atoms with Crippen LogP contribution in [0.4, 0.5) is 0 Å². The lowest BCUT2D eigenvalue weighted by molar-refractivity contribution is -0.140. The number of nitrogens with zero attached hydrogens (tertiary/aromatic N) is 1. The quantitative estimate of drug-likeness (QED) is 0.930. The van der Waals surface area contributed by atoms with Gasteiger partial charge in [0.25, 0.3) is 0 Å². The molecule has 2 unspecified atom stereocenters. The monoisotopic (exact) mass is 288 g/mol. The lowest BCUT2D eigenvalue weighted by Crippen LogP contribution is -2.52. The van der Waals surface area contributed by atoms with Crippen LogP contribution in [-0.2, 0) is 4.79 Å². The van der Waals surface area contributed by atoms with Gasteiger partial charge in [-0.1, -0.05) is 25.0 Å². The molecule has 4 nitrogen and oxygen atoms in total. The summed E-state index contributed by atoms with van der Waals surface area (Å²) in [4.78, 5) is 14.6. The first-order valence-electron chi connectivity index (χ1n) is 7.91. The van der Waals surface area contributed by atoms with Gasteiger partial charge in [0, 0.05) is 18.5 Å². The molecular weight excluding hydrogens is 264 g/mol. The maximum atomic E-state index is 12.5. The highest BCUT2D eigenvalue weighted by molar-refractivity contribution is 5.78. The molecule has 1 saturated carbocycles. The van der Waals surface area contributed by atoms with Crippen molar-refractivity contribution >= 4 is 5.91 Å². The Morgan fingerprint density at radius 1 is 1.14 bits per heavy atom. The van der Waals surface area contributed by atoms with E-state index in [1.165, 1.54) is 12.8 Å². The van der Waals surface area contributed by atoms with Crippen LogP contribution in [0.3, 0.4) is 0 Å². The predicted molar refractivity (Wildman–Crippen MR) is 82.0 cm³/mol. The van der Waals surface area contributed by atoms with E-state index in [4.69, 9.17) is 10.5 Å². The van der Waals surface area contributed by atoms with Gasteiger partial charge in [0.05, 0.1) is 13.2 Å². The molecule has 0 spiro atoms. The van der Waals surface area contributed by atoms with Crippen molar-refractivity contribution in [2.75, 3.05) is 7.11 Å². The van der Waals surface area contributed by atoms with Gasteiger partial charge < -0.3 is 15.4 Å². The molecule has 2 atom stereocenters. The first-order chi connectivity index (χ1) is 10.2. The number of hydrogen-bond donors (Lipinski definition) is 1. The van der Waals surface area contributed by atoms with E-state index in [0.29, 0.717) is 12.5 Å². The van der Waals surface area contributed by atoms with Crippen molar-refractivity contribution in [2.45, 2.75) is 56.7 Å². The fourth-order valence-electron chi connectivity index (χ4n) is 3.76. The largest absolute Gasteiger partial charge is 0.497 e. The summed E-state index contributed by atoms with van der Waals surface area (Å²) in [6, 6.07) is 8.41. The molecule has 2 fully saturated rings. The van der Waals surface area contributed by atoms with Crippen molar-refractivity contribution in [1.82, 2.24) is 4.90 Å². The Kier molecular flexibility index (Phi) is 4.15. The minimum Gasteiger partial charge on any atom is -0.497 e. The van der Waals surface area contributed by atoms with Crippen LogP contribution in [0.1, 0.15) is 50.1 Å². The van der Waals surface area contributed by atoms with Crippen LogP contribution in [0, 0.1) is 0 Å². The van der Waals surface area contributed by atoms with E-state index in [9.17, 15) is 4.79 Å². The second kappa shape index (κ2) is 6.06. The zero-order chi connectivity index (χ0) is 14.8. The summed E-state index contributed by atoms with van der Waals surface area (Å²) >= 11 is 0. The Labute approximate surface area is 126 Å². The minimum absolute atomic E-state index is 0.0141. The molecule has 2 aliphatic rings. The number of likely N-dealkylation sites (tertiary alicyclic amines) is 1. The number of rotatable bonds is 3. The van der Waals surface area contributed by atoms with E-state index in [-0.39, 0.29) is 18.0 Å². The van der Waals surface area contributed by atoms with Gasteiger partial charge >= 0.3 is 0 Å². The van der Waals surface area contributed by atoms with Gasteiger partial charge in [-0.25, -0.2) is 0 Å².